The van der Waals surface area contributed by atoms with E-state index in [9.17, 15) is 29.7 Å². The number of nitrogens with one attached hydrogen (secondary N) is 1. The van der Waals surface area contributed by atoms with E-state index in [1.165, 1.54) is 40.2 Å². The maximum absolute atomic E-state index is 14.1. The van der Waals surface area contributed by atoms with Gasteiger partial charge < -0.3 is 44.5 Å². The van der Waals surface area contributed by atoms with Crippen LogP contribution in [0.1, 0.15) is 64.4 Å². The second kappa shape index (κ2) is 14.0. The molecule has 0 fully saturated rings. The lowest BCUT2D eigenvalue weighted by Gasteiger charge is -2.38. The number of aromatic hydroxyl groups is 2. The Labute approximate surface area is 290 Å². The molecule has 0 aliphatic carbocycles. The highest BCUT2D eigenvalue weighted by molar-refractivity contribution is 6.21. The lowest BCUT2D eigenvalue weighted by atomic mass is 9.78. The Morgan fingerprint density at radius 1 is 1.00 bits per heavy atom. The van der Waals surface area contributed by atoms with Gasteiger partial charge in [-0.1, -0.05) is 45.9 Å². The maximum atomic E-state index is 14.1. The van der Waals surface area contributed by atoms with Crippen LogP contribution in [0.15, 0.2) is 42.2 Å². The van der Waals surface area contributed by atoms with Crippen molar-refractivity contribution in [3.05, 3.63) is 53.3 Å². The number of carbonyl (C=O) groups excluding carboxylic acids is 3. The fraction of sp³-hybridized carbons (Fsp3) is 0.486. The zero-order valence-corrected chi connectivity index (χ0v) is 29.6. The summed E-state index contributed by atoms with van der Waals surface area (Å²) in [6.45, 7) is 13.0. The summed E-state index contributed by atoms with van der Waals surface area (Å²) in [6, 6.07) is 1.19. The molecule has 0 unspecified atom stereocenters. The number of phenols is 2. The number of rotatable bonds is 2. The van der Waals surface area contributed by atoms with Gasteiger partial charge in [-0.15, -0.1) is 0 Å². The van der Waals surface area contributed by atoms with E-state index < -0.39 is 83.0 Å². The summed E-state index contributed by atoms with van der Waals surface area (Å²) in [5, 5.41) is 37.4. The largest absolute Gasteiger partial charge is 0.507 e. The summed E-state index contributed by atoms with van der Waals surface area (Å²) >= 11 is 0. The van der Waals surface area contributed by atoms with E-state index in [1.807, 2.05) is 6.92 Å². The minimum atomic E-state index is -1.94. The second-order valence-electron chi connectivity index (χ2n) is 13.6. The third-order valence-corrected chi connectivity index (χ3v) is 10.0. The normalized spacial score (nSPS) is 33.9. The van der Waals surface area contributed by atoms with Crippen LogP contribution in [-0.4, -0.2) is 70.3 Å². The number of aliphatic hydroxyl groups excluding tert-OH is 1. The fourth-order valence-corrected chi connectivity index (χ4v) is 6.99. The molecule has 2 aromatic rings. The lowest BCUT2D eigenvalue weighted by molar-refractivity contribution is -0.273. The monoisotopic (exact) mass is 695 g/mol. The quantitative estimate of drug-likeness (QED) is 0.233. The Kier molecular flexibility index (Phi) is 10.2. The van der Waals surface area contributed by atoms with Gasteiger partial charge in [0, 0.05) is 67.2 Å². The van der Waals surface area contributed by atoms with Crippen LogP contribution in [0.3, 0.4) is 0 Å². The Balaban J connectivity index is 1.80. The molecule has 3 aliphatic rings. The summed E-state index contributed by atoms with van der Waals surface area (Å²) in [5.74, 6) is -7.04. The third kappa shape index (κ3) is 6.40. The van der Waals surface area contributed by atoms with Gasteiger partial charge in [0.1, 0.15) is 29.5 Å². The molecule has 3 heterocycles. The van der Waals surface area contributed by atoms with E-state index in [1.54, 1.807) is 52.0 Å². The van der Waals surface area contributed by atoms with Crippen molar-refractivity contribution in [2.75, 3.05) is 12.4 Å². The lowest BCUT2D eigenvalue weighted by Crippen LogP contribution is -2.47. The molecule has 13 nitrogen and oxygen atoms in total. The summed E-state index contributed by atoms with van der Waals surface area (Å²) in [7, 11) is 1.47. The van der Waals surface area contributed by atoms with Crippen LogP contribution < -0.4 is 14.9 Å². The molecular weight excluding hydrogens is 650 g/mol. The van der Waals surface area contributed by atoms with Gasteiger partial charge in [0.15, 0.2) is 0 Å². The van der Waals surface area contributed by atoms with Gasteiger partial charge in [0.05, 0.1) is 35.1 Å². The molecule has 5 rings (SSSR count). The number of phenolic OH excluding ortho intramolecular Hbond substituents is 2. The maximum Gasteiger partial charge on any atom is 0.312 e. The molecule has 0 saturated carbocycles. The first kappa shape index (κ1) is 36.7. The minimum absolute atomic E-state index is 0.0188. The van der Waals surface area contributed by atoms with Gasteiger partial charge >= 0.3 is 11.8 Å². The molecule has 0 saturated heterocycles. The minimum Gasteiger partial charge on any atom is -0.507 e. The average molecular weight is 696 g/mol. The van der Waals surface area contributed by atoms with Gasteiger partial charge in [-0.05, 0) is 19.9 Å². The van der Waals surface area contributed by atoms with Crippen molar-refractivity contribution in [2.45, 2.75) is 85.6 Å². The topological polar surface area (TPSA) is 179 Å². The van der Waals surface area contributed by atoms with Crippen LogP contribution in [0.25, 0.3) is 10.8 Å². The Morgan fingerprint density at radius 2 is 1.70 bits per heavy atom. The number of aliphatic hydroxyl groups is 1. The highest BCUT2D eigenvalue weighted by atomic mass is 17.2. The number of ketones is 1. The zero-order valence-electron chi connectivity index (χ0n) is 29.6. The van der Waals surface area contributed by atoms with Crippen LogP contribution in [0.5, 0.6) is 23.0 Å². The third-order valence-electron chi connectivity index (χ3n) is 10.0. The number of hydrogen-bond acceptors (Lipinski definition) is 12. The van der Waals surface area contributed by atoms with Crippen LogP contribution in [-0.2, 0) is 28.7 Å². The van der Waals surface area contributed by atoms with Crippen molar-refractivity contribution in [1.29, 1.82) is 0 Å². The highest BCUT2D eigenvalue weighted by Crippen LogP contribution is 2.54. The number of Topliss-reactive ketones (excluding diaryl/α,β-unsaturated/α-hetero) is 1. The average Bonchev–Trinajstić information content (AvgIpc) is 3.32. The van der Waals surface area contributed by atoms with Crippen molar-refractivity contribution >= 4 is 34.1 Å². The van der Waals surface area contributed by atoms with Crippen molar-refractivity contribution in [3.8, 4) is 23.0 Å². The smallest absolute Gasteiger partial charge is 0.312 e. The van der Waals surface area contributed by atoms with Crippen LogP contribution in [0.2, 0.25) is 0 Å². The van der Waals surface area contributed by atoms with E-state index in [0.717, 1.165) is 0 Å². The summed E-state index contributed by atoms with van der Waals surface area (Å²) in [5.41, 5.74) is 0.315. The molecule has 4 N–H and O–H groups in total. The molecule has 0 radical (unpaired) electrons. The number of benzene rings is 2. The summed E-state index contributed by atoms with van der Waals surface area (Å²) in [4.78, 5) is 51.9. The number of amides is 1. The molecule has 0 spiro atoms. The first-order valence-corrected chi connectivity index (χ1v) is 16.5. The summed E-state index contributed by atoms with van der Waals surface area (Å²) in [6.07, 6.45) is 4.35. The number of allylic oxidation sites excluding steroid dienone is 2. The molecule has 3 aliphatic heterocycles. The number of methoxy groups -OCH3 is 1. The molecule has 50 heavy (non-hydrogen) atoms. The van der Waals surface area contributed by atoms with E-state index in [2.05, 4.69) is 5.32 Å². The second-order valence-corrected chi connectivity index (χ2v) is 13.6. The number of hydrogen-bond donors (Lipinski definition) is 4. The zero-order chi connectivity index (χ0) is 36.8. The highest BCUT2D eigenvalue weighted by Gasteiger charge is 2.50. The van der Waals surface area contributed by atoms with Gasteiger partial charge in [-0.3, -0.25) is 14.4 Å². The van der Waals surface area contributed by atoms with Crippen LogP contribution >= 0.6 is 0 Å². The van der Waals surface area contributed by atoms with Gasteiger partial charge in [0.25, 0.3) is 11.7 Å². The van der Waals surface area contributed by atoms with Crippen molar-refractivity contribution < 1.29 is 58.4 Å². The van der Waals surface area contributed by atoms with E-state index in [0.29, 0.717) is 5.57 Å². The molecule has 270 valence electrons. The van der Waals surface area contributed by atoms with Crippen LogP contribution in [0, 0.1) is 30.6 Å². The predicted octanol–water partition coefficient (Wildman–Crippen LogP) is 5.38. The number of esters is 1. The number of anilines is 1. The van der Waals surface area contributed by atoms with Gasteiger partial charge in [0.2, 0.25) is 5.75 Å². The molecule has 6 bridgehead atoms. The van der Waals surface area contributed by atoms with Crippen LogP contribution in [0.4, 0.5) is 5.69 Å². The van der Waals surface area contributed by atoms with E-state index in [4.69, 9.17) is 28.7 Å². The Morgan fingerprint density at radius 3 is 2.36 bits per heavy atom. The molecule has 1 amide bonds. The summed E-state index contributed by atoms with van der Waals surface area (Å²) < 4.78 is 23.5. The van der Waals surface area contributed by atoms with Gasteiger partial charge in [-0.2, -0.15) is 4.89 Å². The van der Waals surface area contributed by atoms with Crippen molar-refractivity contribution in [3.63, 3.8) is 0 Å². The number of fused-ring (bicyclic) bond motifs is 3. The predicted molar refractivity (Wildman–Crippen MR) is 182 cm³/mol. The fourth-order valence-electron chi connectivity index (χ4n) is 6.99. The first-order valence-electron chi connectivity index (χ1n) is 16.5. The molecule has 9 atom stereocenters. The molecule has 13 heteroatoms. The molecule has 0 aromatic heterocycles. The van der Waals surface area contributed by atoms with E-state index in [-0.39, 0.29) is 39.1 Å². The first-order chi connectivity index (χ1) is 23.5. The van der Waals surface area contributed by atoms with Gasteiger partial charge in [-0.25, -0.2) is 0 Å². The standard InChI is InChI=1S/C37H45NO12/c1-16-11-10-12-17(2)36(44)38-23-15-24(40)26-27-30(42)21(6)33-28(26)35(43)37(8,48-33)46-14-13-25(45-9)18(3)32(47-22(7)39)20(5)29(41)19(4)31(16)49-50-34(23)27/h10-16,18-20,25,29,31-32,40-42H,1-9H3,(H,38,44)/b11-10+,14-13+,17-12-/t16-,18+,19-,20+,25-,29+,31-,32+,37-/m0/s1. The molecule has 2 aromatic carbocycles. The SMILES string of the molecule is CO[C@H]1/C=C/O[C@@]2(C)Oc3c(C)c(O)c4c5c(cc(O)c4c3C2=O)NC(=O)/C(C)=C\C=C\[C@H](C)[C@H](OO5)[C@@H](C)[C@@H](O)[C@@H](C)[C@H](OC(C)=O)[C@@H]1C. The number of ether oxygens (including phenoxy) is 4. The van der Waals surface area contributed by atoms with E-state index >= 15 is 0 Å². The Bertz CT molecular complexity index is 1800. The number of carbonyl (C=O) groups is 3. The van der Waals surface area contributed by atoms with Crippen molar-refractivity contribution in [1.82, 2.24) is 0 Å². The Hall–Kier alpha value is -4.59. The molecular formula is C37H45NO12. The van der Waals surface area contributed by atoms with Crippen molar-refractivity contribution in [2.24, 2.45) is 23.7 Å².